The fourth-order valence-electron chi connectivity index (χ4n) is 3.80. The Labute approximate surface area is 173 Å². The van der Waals surface area contributed by atoms with E-state index in [4.69, 9.17) is 16.6 Å². The van der Waals surface area contributed by atoms with E-state index in [0.29, 0.717) is 16.1 Å². The Hall–Kier alpha value is -3.28. The highest BCUT2D eigenvalue weighted by Gasteiger charge is 2.16. The Kier molecular flexibility index (Phi) is 3.51. The third kappa shape index (κ3) is 2.48. The number of hydrogen-bond acceptors (Lipinski definition) is 4. The van der Waals surface area contributed by atoms with Gasteiger partial charge in [-0.15, -0.1) is 11.3 Å². The molecule has 3 aromatic carbocycles. The molecule has 138 valence electrons. The van der Waals surface area contributed by atoms with Crippen molar-refractivity contribution in [2.75, 3.05) is 0 Å². The number of para-hydroxylation sites is 2. The molecule has 6 rings (SSSR count). The van der Waals surface area contributed by atoms with E-state index < -0.39 is 0 Å². The van der Waals surface area contributed by atoms with Crippen molar-refractivity contribution in [1.82, 2.24) is 14.4 Å². The van der Waals surface area contributed by atoms with Crippen LogP contribution < -0.4 is 5.56 Å². The Balaban J connectivity index is 1.86. The van der Waals surface area contributed by atoms with Crippen molar-refractivity contribution in [2.24, 2.45) is 0 Å². The average molecular weight is 414 g/mol. The third-order valence-corrected chi connectivity index (χ3v) is 6.39. The fourth-order valence-corrected chi connectivity index (χ4v) is 4.96. The predicted molar refractivity (Wildman–Crippen MR) is 120 cm³/mol. The topological polar surface area (TPSA) is 47.3 Å². The lowest BCUT2D eigenvalue weighted by molar-refractivity contribution is 1.18. The van der Waals surface area contributed by atoms with Gasteiger partial charge in [-0.05, 0) is 48.5 Å². The monoisotopic (exact) mass is 413 g/mol. The summed E-state index contributed by atoms with van der Waals surface area (Å²) in [7, 11) is 0. The summed E-state index contributed by atoms with van der Waals surface area (Å²) < 4.78 is 3.12. The van der Waals surface area contributed by atoms with E-state index >= 15 is 0 Å². The Morgan fingerprint density at radius 3 is 2.59 bits per heavy atom. The Morgan fingerprint density at radius 2 is 1.69 bits per heavy atom. The third-order valence-electron chi connectivity index (χ3n) is 5.09. The first-order valence-electron chi connectivity index (χ1n) is 9.09. The summed E-state index contributed by atoms with van der Waals surface area (Å²) >= 11 is 7.88. The first kappa shape index (κ1) is 16.7. The quantitative estimate of drug-likeness (QED) is 0.314. The lowest BCUT2D eigenvalue weighted by atomic mass is 10.1. The zero-order valence-corrected chi connectivity index (χ0v) is 16.5. The van der Waals surface area contributed by atoms with Crippen molar-refractivity contribution in [3.05, 3.63) is 88.2 Å². The van der Waals surface area contributed by atoms with Crippen LogP contribution in [-0.2, 0) is 0 Å². The molecular weight excluding hydrogens is 402 g/mol. The van der Waals surface area contributed by atoms with Gasteiger partial charge in [0.2, 0.25) is 0 Å². The van der Waals surface area contributed by atoms with Crippen LogP contribution in [0.25, 0.3) is 48.2 Å². The summed E-state index contributed by atoms with van der Waals surface area (Å²) in [6, 6.07) is 23.3. The second-order valence-electron chi connectivity index (χ2n) is 6.84. The molecule has 0 N–H and O–H groups in total. The molecule has 29 heavy (non-hydrogen) atoms. The molecule has 0 amide bonds. The van der Waals surface area contributed by atoms with Crippen molar-refractivity contribution in [3.63, 3.8) is 0 Å². The van der Waals surface area contributed by atoms with E-state index in [1.54, 1.807) is 11.3 Å². The second kappa shape index (κ2) is 6.11. The first-order valence-corrected chi connectivity index (χ1v) is 10.3. The molecule has 0 atom stereocenters. The van der Waals surface area contributed by atoms with E-state index in [1.165, 1.54) is 0 Å². The summed E-state index contributed by atoms with van der Waals surface area (Å²) in [5, 5.41) is 3.04. The molecule has 0 unspecified atom stereocenters. The predicted octanol–water partition coefficient (Wildman–Crippen LogP) is 5.93. The van der Waals surface area contributed by atoms with E-state index in [2.05, 4.69) is 4.98 Å². The van der Waals surface area contributed by atoms with E-state index in [0.717, 1.165) is 37.2 Å². The number of pyridine rings is 1. The summed E-state index contributed by atoms with van der Waals surface area (Å²) in [5.74, 6) is 0. The molecule has 0 aliphatic carbocycles. The van der Waals surface area contributed by atoms with Gasteiger partial charge in [0.25, 0.3) is 5.56 Å². The van der Waals surface area contributed by atoms with E-state index in [-0.39, 0.29) is 5.56 Å². The van der Waals surface area contributed by atoms with Gasteiger partial charge in [-0.1, -0.05) is 35.9 Å². The molecule has 0 saturated carbocycles. The van der Waals surface area contributed by atoms with Crippen molar-refractivity contribution in [1.29, 1.82) is 0 Å². The van der Waals surface area contributed by atoms with Crippen LogP contribution in [0.3, 0.4) is 0 Å². The SMILES string of the molecule is O=c1nc2c(-c3nc4ccccc4s3)cc3cc(Cl)ccc3n2c2ccccc12. The van der Waals surface area contributed by atoms with Crippen LogP contribution in [0.15, 0.2) is 77.6 Å². The van der Waals surface area contributed by atoms with Crippen LogP contribution in [0.1, 0.15) is 0 Å². The molecule has 6 heteroatoms. The number of hydrogen-bond donors (Lipinski definition) is 0. The molecule has 0 bridgehead atoms. The normalized spacial score (nSPS) is 11.8. The van der Waals surface area contributed by atoms with Crippen LogP contribution in [-0.4, -0.2) is 14.4 Å². The number of benzene rings is 3. The minimum absolute atomic E-state index is 0.240. The molecule has 0 aliphatic heterocycles. The maximum absolute atomic E-state index is 12.8. The van der Waals surface area contributed by atoms with Crippen molar-refractivity contribution >= 4 is 60.6 Å². The summed E-state index contributed by atoms with van der Waals surface area (Å²) in [6.45, 7) is 0. The maximum atomic E-state index is 12.8. The standard InChI is InChI=1S/C23H12ClN3OS/c24-14-9-10-18-13(11-14)12-16(23-25-17-6-2-4-8-20(17)29-23)21-26-22(28)15-5-1-3-7-19(15)27(18)21/h1-12H. The number of halogens is 1. The molecule has 0 aliphatic rings. The van der Waals surface area contributed by atoms with Gasteiger partial charge in [-0.3, -0.25) is 9.20 Å². The number of nitrogens with zero attached hydrogens (tertiary/aromatic N) is 3. The van der Waals surface area contributed by atoms with Gasteiger partial charge in [0.1, 0.15) is 5.01 Å². The van der Waals surface area contributed by atoms with Gasteiger partial charge in [-0.2, -0.15) is 4.98 Å². The zero-order valence-electron chi connectivity index (χ0n) is 15.0. The smallest absolute Gasteiger partial charge is 0.281 e. The molecule has 0 fully saturated rings. The minimum Gasteiger partial charge on any atom is -0.293 e. The summed E-state index contributed by atoms with van der Waals surface area (Å²) in [5.41, 5.74) is 3.87. The molecule has 0 spiro atoms. The Morgan fingerprint density at radius 1 is 0.862 bits per heavy atom. The maximum Gasteiger partial charge on any atom is 0.281 e. The number of thiazole rings is 1. The molecule has 0 saturated heterocycles. The van der Waals surface area contributed by atoms with Gasteiger partial charge in [-0.25, -0.2) is 4.98 Å². The first-order chi connectivity index (χ1) is 14.2. The minimum atomic E-state index is -0.240. The van der Waals surface area contributed by atoms with Crippen LogP contribution in [0, 0.1) is 0 Å². The Bertz CT molecular complexity index is 1620. The second-order valence-corrected chi connectivity index (χ2v) is 8.31. The van der Waals surface area contributed by atoms with Gasteiger partial charge >= 0.3 is 0 Å². The van der Waals surface area contributed by atoms with Gasteiger partial charge < -0.3 is 0 Å². The summed E-state index contributed by atoms with van der Waals surface area (Å²) in [4.78, 5) is 22.0. The average Bonchev–Trinajstić information content (AvgIpc) is 3.17. The highest BCUT2D eigenvalue weighted by molar-refractivity contribution is 7.21. The molecule has 3 heterocycles. The number of fused-ring (bicyclic) bond motifs is 6. The largest absolute Gasteiger partial charge is 0.293 e. The van der Waals surface area contributed by atoms with E-state index in [9.17, 15) is 4.79 Å². The van der Waals surface area contributed by atoms with Crippen LogP contribution in [0.4, 0.5) is 0 Å². The van der Waals surface area contributed by atoms with Crippen LogP contribution in [0.5, 0.6) is 0 Å². The molecular formula is C23H12ClN3OS. The highest BCUT2D eigenvalue weighted by Crippen LogP contribution is 2.35. The number of aromatic nitrogens is 3. The zero-order chi connectivity index (χ0) is 19.5. The van der Waals surface area contributed by atoms with Crippen molar-refractivity contribution in [2.45, 2.75) is 0 Å². The van der Waals surface area contributed by atoms with E-state index in [1.807, 2.05) is 77.2 Å². The van der Waals surface area contributed by atoms with Gasteiger partial charge in [0.05, 0.1) is 32.2 Å². The van der Waals surface area contributed by atoms with Crippen molar-refractivity contribution < 1.29 is 0 Å². The highest BCUT2D eigenvalue weighted by atomic mass is 35.5. The van der Waals surface area contributed by atoms with Crippen LogP contribution in [0.2, 0.25) is 5.02 Å². The molecule has 3 aromatic heterocycles. The van der Waals surface area contributed by atoms with Crippen LogP contribution >= 0.6 is 22.9 Å². The van der Waals surface area contributed by atoms with Gasteiger partial charge in [0, 0.05) is 10.4 Å². The summed E-state index contributed by atoms with van der Waals surface area (Å²) in [6.07, 6.45) is 0. The number of rotatable bonds is 1. The fraction of sp³-hybridized carbons (Fsp3) is 0. The van der Waals surface area contributed by atoms with Gasteiger partial charge in [0.15, 0.2) is 5.65 Å². The lowest BCUT2D eigenvalue weighted by Gasteiger charge is -2.13. The molecule has 0 radical (unpaired) electrons. The molecule has 4 nitrogen and oxygen atoms in total. The lowest BCUT2D eigenvalue weighted by Crippen LogP contribution is -2.12. The molecule has 6 aromatic rings. The van der Waals surface area contributed by atoms with Crippen molar-refractivity contribution in [3.8, 4) is 10.6 Å².